The summed E-state index contributed by atoms with van der Waals surface area (Å²) in [4.78, 5) is 33.7. The van der Waals surface area contributed by atoms with Crippen molar-refractivity contribution < 1.29 is 33.3 Å². The van der Waals surface area contributed by atoms with E-state index in [1.54, 1.807) is 0 Å². The molecule has 0 amide bonds. The van der Waals surface area contributed by atoms with Gasteiger partial charge in [0.2, 0.25) is 0 Å². The molecule has 1 fully saturated rings. The first-order chi connectivity index (χ1) is 9.85. The second-order valence-electron chi connectivity index (χ2n) is 4.29. The number of thioether (sulfide) groups is 1. The standard InChI is InChI=1S/C12H18O7S2/c1-6(13)17-9-4-16-12(21-5-20)11(19-8(3)15)10(9)18-7(2)14/h9-12,20H,4-5H2,1-3H3/t9-,10?,11-,12?/m0/s1. The summed E-state index contributed by atoms with van der Waals surface area (Å²) in [7, 11) is 0. The summed E-state index contributed by atoms with van der Waals surface area (Å²) < 4.78 is 21.0. The second kappa shape index (κ2) is 8.50. The summed E-state index contributed by atoms with van der Waals surface area (Å²) in [6, 6.07) is 0. The molecule has 0 spiro atoms. The zero-order valence-corrected chi connectivity index (χ0v) is 13.6. The molecule has 2 unspecified atom stereocenters. The molecule has 7 nitrogen and oxygen atoms in total. The molecule has 0 N–H and O–H groups in total. The third kappa shape index (κ3) is 5.76. The molecule has 0 aliphatic carbocycles. The normalized spacial score (nSPS) is 28.6. The van der Waals surface area contributed by atoms with Crippen LogP contribution in [0.1, 0.15) is 20.8 Å². The maximum absolute atomic E-state index is 11.3. The van der Waals surface area contributed by atoms with E-state index in [9.17, 15) is 14.4 Å². The molecule has 4 atom stereocenters. The van der Waals surface area contributed by atoms with E-state index in [1.807, 2.05) is 0 Å². The van der Waals surface area contributed by atoms with Gasteiger partial charge in [-0.3, -0.25) is 14.4 Å². The van der Waals surface area contributed by atoms with Crippen LogP contribution in [-0.2, 0) is 33.3 Å². The Bertz CT molecular complexity index is 401. The van der Waals surface area contributed by atoms with E-state index in [4.69, 9.17) is 18.9 Å². The highest BCUT2D eigenvalue weighted by Crippen LogP contribution is 2.30. The molecular formula is C12H18O7S2. The van der Waals surface area contributed by atoms with Crippen LogP contribution in [0.2, 0.25) is 0 Å². The molecule has 1 aliphatic heterocycles. The molecule has 1 aliphatic rings. The average Bonchev–Trinajstić information content (AvgIpc) is 2.35. The summed E-state index contributed by atoms with van der Waals surface area (Å²) in [6.07, 6.45) is -2.62. The predicted octanol–water partition coefficient (Wildman–Crippen LogP) is 0.758. The number of thiol groups is 1. The fourth-order valence-corrected chi connectivity index (χ4v) is 3.09. The summed E-state index contributed by atoms with van der Waals surface area (Å²) in [6.45, 7) is 3.75. The monoisotopic (exact) mass is 338 g/mol. The van der Waals surface area contributed by atoms with Crippen molar-refractivity contribution in [3.05, 3.63) is 0 Å². The van der Waals surface area contributed by atoms with Gasteiger partial charge in [0.05, 0.1) is 6.61 Å². The van der Waals surface area contributed by atoms with Gasteiger partial charge in [-0.2, -0.15) is 12.6 Å². The Labute approximate surface area is 132 Å². The summed E-state index contributed by atoms with van der Waals surface area (Å²) in [5, 5.41) is 0.424. The van der Waals surface area contributed by atoms with Gasteiger partial charge in [0.25, 0.3) is 0 Å². The lowest BCUT2D eigenvalue weighted by atomic mass is 10.1. The molecule has 0 aromatic rings. The van der Waals surface area contributed by atoms with Crippen molar-refractivity contribution >= 4 is 42.3 Å². The summed E-state index contributed by atoms with van der Waals surface area (Å²) in [5.41, 5.74) is -0.553. The minimum Gasteiger partial charge on any atom is -0.456 e. The highest BCUT2D eigenvalue weighted by molar-refractivity contribution is 8.09. The van der Waals surface area contributed by atoms with Crippen molar-refractivity contribution in [1.82, 2.24) is 0 Å². The van der Waals surface area contributed by atoms with Crippen molar-refractivity contribution in [2.45, 2.75) is 44.5 Å². The molecule has 120 valence electrons. The van der Waals surface area contributed by atoms with E-state index < -0.39 is 41.7 Å². The van der Waals surface area contributed by atoms with E-state index in [0.29, 0.717) is 5.08 Å². The number of ether oxygens (including phenoxy) is 4. The number of esters is 3. The Balaban J connectivity index is 2.97. The van der Waals surface area contributed by atoms with Gasteiger partial charge in [-0.1, -0.05) is 0 Å². The van der Waals surface area contributed by atoms with Crippen molar-refractivity contribution in [3.8, 4) is 0 Å². The lowest BCUT2D eigenvalue weighted by Gasteiger charge is -2.40. The van der Waals surface area contributed by atoms with Crippen molar-refractivity contribution in [2.24, 2.45) is 0 Å². The van der Waals surface area contributed by atoms with E-state index in [-0.39, 0.29) is 6.61 Å². The maximum atomic E-state index is 11.3. The van der Waals surface area contributed by atoms with E-state index in [1.165, 1.54) is 32.5 Å². The first-order valence-corrected chi connectivity index (χ1v) is 7.89. The highest BCUT2D eigenvalue weighted by Gasteiger charge is 2.46. The number of hydrogen-bond donors (Lipinski definition) is 1. The van der Waals surface area contributed by atoms with E-state index in [2.05, 4.69) is 12.6 Å². The predicted molar refractivity (Wildman–Crippen MR) is 77.8 cm³/mol. The van der Waals surface area contributed by atoms with Gasteiger partial charge in [-0.15, -0.1) is 11.8 Å². The minimum atomic E-state index is -0.915. The van der Waals surface area contributed by atoms with Crippen LogP contribution in [-0.4, -0.2) is 53.3 Å². The third-order valence-electron chi connectivity index (χ3n) is 2.54. The van der Waals surface area contributed by atoms with Gasteiger partial charge in [0, 0.05) is 25.9 Å². The Morgan fingerprint density at radius 3 is 2.05 bits per heavy atom. The number of carbonyl (C=O) groups is 3. The molecule has 1 saturated heterocycles. The van der Waals surface area contributed by atoms with E-state index in [0.717, 1.165) is 0 Å². The van der Waals surface area contributed by atoms with Crippen LogP contribution in [0.3, 0.4) is 0 Å². The van der Waals surface area contributed by atoms with Gasteiger partial charge in [0.15, 0.2) is 18.3 Å². The first kappa shape index (κ1) is 18.1. The fourth-order valence-electron chi connectivity index (χ4n) is 1.93. The van der Waals surface area contributed by atoms with Gasteiger partial charge in [0.1, 0.15) is 5.44 Å². The zero-order chi connectivity index (χ0) is 16.0. The maximum Gasteiger partial charge on any atom is 0.303 e. The summed E-state index contributed by atoms with van der Waals surface area (Å²) in [5.74, 6) is -1.65. The molecule has 1 rings (SSSR count). The van der Waals surface area contributed by atoms with Gasteiger partial charge >= 0.3 is 17.9 Å². The number of rotatable bonds is 5. The van der Waals surface area contributed by atoms with Crippen LogP contribution in [0.5, 0.6) is 0 Å². The number of carbonyl (C=O) groups excluding carboxylic acids is 3. The van der Waals surface area contributed by atoms with Crippen LogP contribution >= 0.6 is 24.4 Å². The lowest BCUT2D eigenvalue weighted by Crippen LogP contribution is -2.56. The van der Waals surface area contributed by atoms with Crippen LogP contribution in [0.25, 0.3) is 0 Å². The van der Waals surface area contributed by atoms with Crippen molar-refractivity contribution in [2.75, 3.05) is 11.7 Å². The highest BCUT2D eigenvalue weighted by atomic mass is 32.2. The molecular weight excluding hydrogens is 320 g/mol. The lowest BCUT2D eigenvalue weighted by molar-refractivity contribution is -0.213. The van der Waals surface area contributed by atoms with Crippen LogP contribution in [0.4, 0.5) is 0 Å². The van der Waals surface area contributed by atoms with Gasteiger partial charge in [-0.05, 0) is 0 Å². The van der Waals surface area contributed by atoms with Gasteiger partial charge < -0.3 is 18.9 Å². The Kier molecular flexibility index (Phi) is 7.33. The molecule has 0 aromatic carbocycles. The Morgan fingerprint density at radius 2 is 1.57 bits per heavy atom. The molecule has 21 heavy (non-hydrogen) atoms. The molecule has 1 heterocycles. The van der Waals surface area contributed by atoms with Crippen LogP contribution in [0.15, 0.2) is 0 Å². The summed E-state index contributed by atoms with van der Waals surface area (Å²) >= 11 is 5.38. The van der Waals surface area contributed by atoms with Crippen molar-refractivity contribution in [3.63, 3.8) is 0 Å². The Morgan fingerprint density at radius 1 is 1.05 bits per heavy atom. The average molecular weight is 338 g/mol. The van der Waals surface area contributed by atoms with E-state index >= 15 is 0 Å². The molecule has 0 aromatic heterocycles. The third-order valence-corrected chi connectivity index (χ3v) is 3.87. The fraction of sp³-hybridized carbons (Fsp3) is 0.750. The minimum absolute atomic E-state index is 0.0424. The number of hydrogen-bond acceptors (Lipinski definition) is 9. The van der Waals surface area contributed by atoms with Gasteiger partial charge in [-0.25, -0.2) is 0 Å². The first-order valence-electron chi connectivity index (χ1n) is 6.21. The molecule has 0 bridgehead atoms. The van der Waals surface area contributed by atoms with Crippen LogP contribution in [0, 0.1) is 0 Å². The second-order valence-corrected chi connectivity index (χ2v) is 6.12. The molecule has 0 radical (unpaired) electrons. The molecule has 0 saturated carbocycles. The van der Waals surface area contributed by atoms with Crippen molar-refractivity contribution in [1.29, 1.82) is 0 Å². The van der Waals surface area contributed by atoms with Crippen LogP contribution < -0.4 is 0 Å². The quantitative estimate of drug-likeness (QED) is 0.340. The largest absolute Gasteiger partial charge is 0.456 e. The Hall–Kier alpha value is -0.930. The SMILES string of the molecule is CC(=O)OC1[C@H](OC(C)=O)C(SCS)OC[C@@H]1OC(C)=O. The zero-order valence-electron chi connectivity index (χ0n) is 11.9. The molecule has 9 heteroatoms. The topological polar surface area (TPSA) is 88.1 Å². The smallest absolute Gasteiger partial charge is 0.303 e.